The quantitative estimate of drug-likeness (QED) is 0.875. The van der Waals surface area contributed by atoms with Gasteiger partial charge in [0, 0.05) is 25.7 Å². The van der Waals surface area contributed by atoms with Crippen LogP contribution in [0.3, 0.4) is 0 Å². The number of nitrogens with one attached hydrogen (secondary N) is 1. The molecule has 0 bridgehead atoms. The van der Waals surface area contributed by atoms with Crippen molar-refractivity contribution < 1.29 is 17.2 Å². The van der Waals surface area contributed by atoms with E-state index in [4.69, 9.17) is 0 Å². The summed E-state index contributed by atoms with van der Waals surface area (Å²) in [6.07, 6.45) is 0. The molecule has 4 nitrogen and oxygen atoms in total. The zero-order valence-corrected chi connectivity index (χ0v) is 10.7. The monoisotopic (exact) mass is 276 g/mol. The van der Waals surface area contributed by atoms with Gasteiger partial charge in [-0.15, -0.1) is 0 Å². The number of rotatable bonds is 2. The third kappa shape index (κ3) is 2.52. The highest BCUT2D eigenvalue weighted by atomic mass is 32.2. The first-order chi connectivity index (χ1) is 8.41. The molecule has 1 aliphatic rings. The van der Waals surface area contributed by atoms with Crippen molar-refractivity contribution in [3.05, 3.63) is 29.8 Å². The lowest BCUT2D eigenvalue weighted by Gasteiger charge is -2.30. The van der Waals surface area contributed by atoms with Crippen LogP contribution in [0.4, 0.5) is 8.78 Å². The van der Waals surface area contributed by atoms with Crippen molar-refractivity contribution in [3.63, 3.8) is 0 Å². The Morgan fingerprint density at radius 3 is 2.67 bits per heavy atom. The van der Waals surface area contributed by atoms with Crippen LogP contribution < -0.4 is 5.32 Å². The van der Waals surface area contributed by atoms with Crippen LogP contribution in [0.1, 0.15) is 6.92 Å². The molecule has 7 heteroatoms. The van der Waals surface area contributed by atoms with Gasteiger partial charge in [-0.25, -0.2) is 17.2 Å². The Bertz CT molecular complexity index is 548. The number of benzene rings is 1. The molecule has 0 spiro atoms. The van der Waals surface area contributed by atoms with Crippen molar-refractivity contribution in [2.24, 2.45) is 0 Å². The number of nitrogens with zero attached hydrogens (tertiary/aromatic N) is 1. The van der Waals surface area contributed by atoms with Gasteiger partial charge in [-0.2, -0.15) is 4.31 Å². The van der Waals surface area contributed by atoms with Gasteiger partial charge in [0.25, 0.3) is 0 Å². The molecule has 1 fully saturated rings. The second-order valence-electron chi connectivity index (χ2n) is 4.29. The smallest absolute Gasteiger partial charge is 0.243 e. The lowest BCUT2D eigenvalue weighted by atomic mass is 10.3. The molecule has 0 aliphatic carbocycles. The first-order valence-corrected chi connectivity index (χ1v) is 7.04. The summed E-state index contributed by atoms with van der Waals surface area (Å²) < 4.78 is 51.6. The van der Waals surface area contributed by atoms with Crippen molar-refractivity contribution in [3.8, 4) is 0 Å². The van der Waals surface area contributed by atoms with E-state index in [-0.39, 0.29) is 10.9 Å². The van der Waals surface area contributed by atoms with Gasteiger partial charge < -0.3 is 5.32 Å². The Morgan fingerprint density at radius 2 is 2.06 bits per heavy atom. The fraction of sp³-hybridized carbons (Fsp3) is 0.455. The zero-order chi connectivity index (χ0) is 13.3. The number of piperazine rings is 1. The maximum atomic E-state index is 13.1. The summed E-state index contributed by atoms with van der Waals surface area (Å²) in [5.74, 6) is -2.21. The van der Waals surface area contributed by atoms with Crippen LogP contribution >= 0.6 is 0 Å². The van der Waals surface area contributed by atoms with E-state index in [0.717, 1.165) is 18.2 Å². The van der Waals surface area contributed by atoms with Crippen LogP contribution in [0, 0.1) is 11.6 Å². The van der Waals surface area contributed by atoms with Crippen molar-refractivity contribution >= 4 is 10.0 Å². The molecular weight excluding hydrogens is 262 g/mol. The summed E-state index contributed by atoms with van der Waals surface area (Å²) >= 11 is 0. The van der Waals surface area contributed by atoms with Crippen molar-refractivity contribution in [2.75, 3.05) is 19.6 Å². The lowest BCUT2D eigenvalue weighted by molar-refractivity contribution is 0.310. The average Bonchev–Trinajstić information content (AvgIpc) is 2.32. The fourth-order valence-corrected chi connectivity index (χ4v) is 3.44. The minimum absolute atomic E-state index is 0.0406. The predicted octanol–water partition coefficient (Wildman–Crippen LogP) is 0.947. The average molecular weight is 276 g/mol. The van der Waals surface area contributed by atoms with Crippen LogP contribution in [-0.4, -0.2) is 38.4 Å². The normalized spacial score (nSPS) is 22.1. The number of sulfonamides is 1. The minimum atomic E-state index is -3.75. The van der Waals surface area contributed by atoms with Gasteiger partial charge in [-0.3, -0.25) is 0 Å². The Kier molecular flexibility index (Phi) is 3.65. The van der Waals surface area contributed by atoms with Gasteiger partial charge in [0.2, 0.25) is 10.0 Å². The maximum absolute atomic E-state index is 13.1. The summed E-state index contributed by atoms with van der Waals surface area (Å²) in [7, 11) is -3.75. The summed E-state index contributed by atoms with van der Waals surface area (Å²) in [6.45, 7) is 3.06. The molecular formula is C11H14F2N2O2S. The fourth-order valence-electron chi connectivity index (χ4n) is 1.90. The number of hydrogen-bond donors (Lipinski definition) is 1. The molecule has 18 heavy (non-hydrogen) atoms. The van der Waals surface area contributed by atoms with Crippen LogP contribution in [-0.2, 0) is 10.0 Å². The van der Waals surface area contributed by atoms with E-state index >= 15 is 0 Å². The standard InChI is InChI=1S/C11H14F2N2O2S/c1-8-7-15(5-4-14-8)18(16,17)9-2-3-10(12)11(13)6-9/h2-3,6,8,14H,4-5,7H2,1H3. The third-order valence-corrected chi connectivity index (χ3v) is 4.72. The highest BCUT2D eigenvalue weighted by Crippen LogP contribution is 2.19. The van der Waals surface area contributed by atoms with Gasteiger partial charge in [0.1, 0.15) is 0 Å². The molecule has 1 aromatic rings. The molecule has 1 saturated heterocycles. The highest BCUT2D eigenvalue weighted by Gasteiger charge is 2.28. The summed E-state index contributed by atoms with van der Waals surface area (Å²) in [6, 6.07) is 2.67. The minimum Gasteiger partial charge on any atom is -0.312 e. The first-order valence-electron chi connectivity index (χ1n) is 5.60. The summed E-state index contributed by atoms with van der Waals surface area (Å²) in [4.78, 5) is -0.212. The second kappa shape index (κ2) is 4.91. The second-order valence-corrected chi connectivity index (χ2v) is 6.23. The van der Waals surface area contributed by atoms with Crippen molar-refractivity contribution in [1.29, 1.82) is 0 Å². The molecule has 2 rings (SSSR count). The first kappa shape index (κ1) is 13.4. The van der Waals surface area contributed by atoms with E-state index in [0.29, 0.717) is 19.6 Å². The number of hydrogen-bond acceptors (Lipinski definition) is 3. The van der Waals surface area contributed by atoms with E-state index in [9.17, 15) is 17.2 Å². The van der Waals surface area contributed by atoms with Gasteiger partial charge in [0.15, 0.2) is 11.6 Å². The largest absolute Gasteiger partial charge is 0.312 e. The summed E-state index contributed by atoms with van der Waals surface area (Å²) in [5, 5.41) is 3.12. The highest BCUT2D eigenvalue weighted by molar-refractivity contribution is 7.89. The summed E-state index contributed by atoms with van der Waals surface area (Å²) in [5.41, 5.74) is 0. The van der Waals surface area contributed by atoms with Gasteiger partial charge in [0.05, 0.1) is 4.90 Å². The Morgan fingerprint density at radius 1 is 1.33 bits per heavy atom. The van der Waals surface area contributed by atoms with Crippen LogP contribution in [0.25, 0.3) is 0 Å². The molecule has 0 aromatic heterocycles. The van der Waals surface area contributed by atoms with Crippen LogP contribution in [0.15, 0.2) is 23.1 Å². The Balaban J connectivity index is 2.32. The molecule has 1 N–H and O–H groups in total. The van der Waals surface area contributed by atoms with Gasteiger partial charge >= 0.3 is 0 Å². The van der Waals surface area contributed by atoms with Gasteiger partial charge in [-0.05, 0) is 25.1 Å². The van der Waals surface area contributed by atoms with E-state index in [1.807, 2.05) is 6.92 Å². The van der Waals surface area contributed by atoms with Crippen LogP contribution in [0.5, 0.6) is 0 Å². The molecule has 100 valence electrons. The zero-order valence-electron chi connectivity index (χ0n) is 9.86. The molecule has 1 atom stereocenters. The van der Waals surface area contributed by atoms with Crippen molar-refractivity contribution in [1.82, 2.24) is 9.62 Å². The SMILES string of the molecule is CC1CN(S(=O)(=O)c2ccc(F)c(F)c2)CCN1. The van der Waals surface area contributed by atoms with E-state index < -0.39 is 21.7 Å². The molecule has 1 unspecified atom stereocenters. The lowest BCUT2D eigenvalue weighted by Crippen LogP contribution is -2.51. The molecule has 0 amide bonds. The Hall–Kier alpha value is -1.05. The molecule has 1 aromatic carbocycles. The molecule has 0 saturated carbocycles. The van der Waals surface area contributed by atoms with E-state index in [1.165, 1.54) is 4.31 Å². The molecule has 1 heterocycles. The molecule has 0 radical (unpaired) electrons. The molecule has 1 aliphatic heterocycles. The Labute approximate surface area is 105 Å². The van der Waals surface area contributed by atoms with Crippen molar-refractivity contribution in [2.45, 2.75) is 17.9 Å². The number of halogens is 2. The third-order valence-electron chi connectivity index (χ3n) is 2.86. The topological polar surface area (TPSA) is 49.4 Å². The predicted molar refractivity (Wildman–Crippen MR) is 62.6 cm³/mol. The van der Waals surface area contributed by atoms with E-state index in [2.05, 4.69) is 5.32 Å². The van der Waals surface area contributed by atoms with Crippen LogP contribution in [0.2, 0.25) is 0 Å². The van der Waals surface area contributed by atoms with Gasteiger partial charge in [-0.1, -0.05) is 0 Å². The maximum Gasteiger partial charge on any atom is 0.243 e. The van der Waals surface area contributed by atoms with E-state index in [1.54, 1.807) is 0 Å².